The Bertz CT molecular complexity index is 490. The van der Waals surface area contributed by atoms with Gasteiger partial charge < -0.3 is 5.73 Å². The largest absolute Gasteiger partial charge is 0.384 e. The van der Waals surface area contributed by atoms with Crippen molar-refractivity contribution in [3.05, 3.63) is 47.2 Å². The highest BCUT2D eigenvalue weighted by molar-refractivity contribution is 6.34. The second-order valence-corrected chi connectivity index (χ2v) is 3.44. The van der Waals surface area contributed by atoms with Gasteiger partial charge in [0.2, 0.25) is 0 Å². The fourth-order valence-corrected chi connectivity index (χ4v) is 1.56. The molecule has 0 atom stereocenters. The topological polar surface area (TPSA) is 67.7 Å². The van der Waals surface area contributed by atoms with E-state index < -0.39 is 0 Å². The van der Waals surface area contributed by atoms with Gasteiger partial charge in [-0.1, -0.05) is 11.6 Å². The van der Waals surface area contributed by atoms with Gasteiger partial charge in [-0.05, 0) is 24.3 Å². The molecule has 0 aliphatic carbocycles. The highest BCUT2D eigenvalue weighted by Crippen LogP contribution is 2.19. The molecule has 0 saturated heterocycles. The quantitative estimate of drug-likeness (QED) is 0.599. The van der Waals surface area contributed by atoms with Crippen LogP contribution in [0.15, 0.2) is 36.7 Å². The number of rotatable bonds is 2. The summed E-state index contributed by atoms with van der Waals surface area (Å²) in [4.78, 5) is 0. The summed E-state index contributed by atoms with van der Waals surface area (Å²) in [7, 11) is 0. The number of nitrogens with two attached hydrogens (primary N) is 1. The van der Waals surface area contributed by atoms with Crippen LogP contribution in [0.1, 0.15) is 5.56 Å². The predicted octanol–water partition coefficient (Wildman–Crippen LogP) is 1.81. The minimum atomic E-state index is -0.0352. The van der Waals surface area contributed by atoms with Crippen LogP contribution in [0, 0.1) is 5.41 Å². The summed E-state index contributed by atoms with van der Waals surface area (Å²) in [6.45, 7) is 0. The summed E-state index contributed by atoms with van der Waals surface area (Å²) in [6.07, 6.45) is 3.51. The molecule has 0 bridgehead atoms. The molecule has 0 amide bonds. The van der Waals surface area contributed by atoms with E-state index in [0.717, 1.165) is 5.69 Å². The van der Waals surface area contributed by atoms with Crippen molar-refractivity contribution in [3.8, 4) is 5.69 Å². The zero-order valence-electron chi connectivity index (χ0n) is 7.81. The van der Waals surface area contributed by atoms with E-state index in [2.05, 4.69) is 5.10 Å². The lowest BCUT2D eigenvalue weighted by atomic mass is 10.2. The molecule has 4 nitrogen and oxygen atoms in total. The molecule has 1 aromatic heterocycles. The summed E-state index contributed by atoms with van der Waals surface area (Å²) < 4.78 is 1.69. The van der Waals surface area contributed by atoms with Gasteiger partial charge in [0.05, 0.1) is 10.7 Å². The molecule has 0 spiro atoms. The van der Waals surface area contributed by atoms with Crippen LogP contribution in [0.2, 0.25) is 5.02 Å². The third kappa shape index (κ3) is 1.85. The van der Waals surface area contributed by atoms with Crippen LogP contribution in [-0.2, 0) is 0 Å². The lowest BCUT2D eigenvalue weighted by molar-refractivity contribution is 0.880. The summed E-state index contributed by atoms with van der Waals surface area (Å²) in [6, 6.07) is 7.08. The van der Waals surface area contributed by atoms with Crippen LogP contribution >= 0.6 is 11.6 Å². The molecule has 0 saturated carbocycles. The van der Waals surface area contributed by atoms with Crippen LogP contribution in [0.5, 0.6) is 0 Å². The molecule has 0 aliphatic rings. The van der Waals surface area contributed by atoms with Crippen LogP contribution < -0.4 is 5.73 Å². The van der Waals surface area contributed by atoms with Crippen LogP contribution in [-0.4, -0.2) is 15.6 Å². The van der Waals surface area contributed by atoms with Crippen molar-refractivity contribution in [1.82, 2.24) is 9.78 Å². The van der Waals surface area contributed by atoms with Crippen molar-refractivity contribution in [2.45, 2.75) is 0 Å². The lowest BCUT2D eigenvalue weighted by Gasteiger charge is -2.05. The molecule has 0 unspecified atom stereocenters. The van der Waals surface area contributed by atoms with Gasteiger partial charge in [0.15, 0.2) is 0 Å². The molecule has 5 heteroatoms. The standard InChI is InChI=1S/C10H9ClN4/c11-9-6-7(15-5-1-4-14-15)2-3-8(9)10(12)13/h1-6H,(H3,12,13). The van der Waals surface area contributed by atoms with Gasteiger partial charge in [-0.2, -0.15) is 5.10 Å². The molecule has 2 rings (SSSR count). The minimum absolute atomic E-state index is 0.0352. The Hall–Kier alpha value is -1.81. The SMILES string of the molecule is N=C(N)c1ccc(-n2cccn2)cc1Cl. The fourth-order valence-electron chi connectivity index (χ4n) is 1.29. The van der Waals surface area contributed by atoms with Gasteiger partial charge in [-0.15, -0.1) is 0 Å². The van der Waals surface area contributed by atoms with Gasteiger partial charge in [0, 0.05) is 18.0 Å². The lowest BCUT2D eigenvalue weighted by Crippen LogP contribution is -2.11. The molecule has 3 N–H and O–H groups in total. The van der Waals surface area contributed by atoms with E-state index >= 15 is 0 Å². The Kier molecular flexibility index (Phi) is 2.43. The molecular formula is C10H9ClN4. The second kappa shape index (κ2) is 3.74. The number of aromatic nitrogens is 2. The molecule has 15 heavy (non-hydrogen) atoms. The van der Waals surface area contributed by atoms with E-state index in [9.17, 15) is 0 Å². The van der Waals surface area contributed by atoms with E-state index in [1.54, 1.807) is 23.0 Å². The Morgan fingerprint density at radius 2 is 2.27 bits per heavy atom. The zero-order chi connectivity index (χ0) is 10.8. The summed E-state index contributed by atoms with van der Waals surface area (Å²) in [5.74, 6) is -0.0352. The van der Waals surface area contributed by atoms with Crippen LogP contribution in [0.3, 0.4) is 0 Å². The van der Waals surface area contributed by atoms with Gasteiger partial charge in [-0.3, -0.25) is 5.41 Å². The van der Waals surface area contributed by atoms with Crippen molar-refractivity contribution in [2.75, 3.05) is 0 Å². The molecule has 2 aromatic rings. The van der Waals surface area contributed by atoms with Gasteiger partial charge >= 0.3 is 0 Å². The van der Waals surface area contributed by atoms with E-state index in [1.165, 1.54) is 0 Å². The number of nitrogen functional groups attached to an aromatic ring is 1. The van der Waals surface area contributed by atoms with Crippen LogP contribution in [0.4, 0.5) is 0 Å². The maximum atomic E-state index is 7.29. The van der Waals surface area contributed by atoms with Gasteiger partial charge in [0.25, 0.3) is 0 Å². The smallest absolute Gasteiger partial charge is 0.124 e. The Labute approximate surface area is 91.8 Å². The van der Waals surface area contributed by atoms with E-state index in [4.69, 9.17) is 22.7 Å². The van der Waals surface area contributed by atoms with Crippen molar-refractivity contribution in [2.24, 2.45) is 5.73 Å². The molecule has 1 aromatic carbocycles. The minimum Gasteiger partial charge on any atom is -0.384 e. The fraction of sp³-hybridized carbons (Fsp3) is 0. The predicted molar refractivity (Wildman–Crippen MR) is 59.6 cm³/mol. The van der Waals surface area contributed by atoms with E-state index in [0.29, 0.717) is 10.6 Å². The monoisotopic (exact) mass is 220 g/mol. The maximum absolute atomic E-state index is 7.29. The van der Waals surface area contributed by atoms with Crippen molar-refractivity contribution < 1.29 is 0 Å². The summed E-state index contributed by atoms with van der Waals surface area (Å²) in [5, 5.41) is 11.8. The average Bonchev–Trinajstić information content (AvgIpc) is 2.69. The number of nitrogens with one attached hydrogen (secondary N) is 1. The van der Waals surface area contributed by atoms with Crippen molar-refractivity contribution >= 4 is 17.4 Å². The highest BCUT2D eigenvalue weighted by atomic mass is 35.5. The number of hydrogen-bond donors (Lipinski definition) is 2. The number of nitrogens with zero attached hydrogens (tertiary/aromatic N) is 2. The second-order valence-electron chi connectivity index (χ2n) is 3.03. The first kappa shape index (κ1) is 9.73. The summed E-state index contributed by atoms with van der Waals surface area (Å²) in [5.41, 5.74) is 6.74. The number of amidine groups is 1. The molecule has 0 aliphatic heterocycles. The molecule has 0 fully saturated rings. The number of benzene rings is 1. The molecule has 1 heterocycles. The number of hydrogen-bond acceptors (Lipinski definition) is 2. The molecular weight excluding hydrogens is 212 g/mol. The number of halogens is 1. The maximum Gasteiger partial charge on any atom is 0.124 e. The van der Waals surface area contributed by atoms with Crippen molar-refractivity contribution in [3.63, 3.8) is 0 Å². The van der Waals surface area contributed by atoms with E-state index in [1.807, 2.05) is 18.3 Å². The Morgan fingerprint density at radius 1 is 1.47 bits per heavy atom. The first-order valence-corrected chi connectivity index (χ1v) is 4.70. The van der Waals surface area contributed by atoms with E-state index in [-0.39, 0.29) is 5.84 Å². The van der Waals surface area contributed by atoms with Crippen molar-refractivity contribution in [1.29, 1.82) is 5.41 Å². The van der Waals surface area contributed by atoms with Gasteiger partial charge in [-0.25, -0.2) is 4.68 Å². The Morgan fingerprint density at radius 3 is 2.80 bits per heavy atom. The highest BCUT2D eigenvalue weighted by Gasteiger charge is 2.05. The molecule has 76 valence electrons. The normalized spacial score (nSPS) is 10.2. The first-order chi connectivity index (χ1) is 7.18. The summed E-state index contributed by atoms with van der Waals surface area (Å²) >= 11 is 5.98. The van der Waals surface area contributed by atoms with Gasteiger partial charge in [0.1, 0.15) is 5.84 Å². The Balaban J connectivity index is 2.47. The van der Waals surface area contributed by atoms with Crippen LogP contribution in [0.25, 0.3) is 5.69 Å². The first-order valence-electron chi connectivity index (χ1n) is 4.32. The zero-order valence-corrected chi connectivity index (χ0v) is 8.57. The third-order valence-electron chi connectivity index (χ3n) is 2.01. The molecule has 0 radical (unpaired) electrons. The average molecular weight is 221 g/mol. The third-order valence-corrected chi connectivity index (χ3v) is 2.32.